The van der Waals surface area contributed by atoms with Gasteiger partial charge in [0.1, 0.15) is 0 Å². The number of rotatable bonds is 5. The SMILES string of the molecule is CCNCC(C)(C)CN1CCN(C)CC1. The van der Waals surface area contributed by atoms with Crippen LogP contribution < -0.4 is 5.32 Å². The highest BCUT2D eigenvalue weighted by atomic mass is 15.2. The van der Waals surface area contributed by atoms with Crippen LogP contribution in [0.1, 0.15) is 20.8 Å². The van der Waals surface area contributed by atoms with Gasteiger partial charge < -0.3 is 15.1 Å². The van der Waals surface area contributed by atoms with Gasteiger partial charge in [0.2, 0.25) is 0 Å². The Morgan fingerprint density at radius 2 is 1.73 bits per heavy atom. The third-order valence-corrected chi connectivity index (χ3v) is 3.10. The van der Waals surface area contributed by atoms with Gasteiger partial charge in [0.15, 0.2) is 0 Å². The minimum Gasteiger partial charge on any atom is -0.316 e. The van der Waals surface area contributed by atoms with Gasteiger partial charge in [-0.1, -0.05) is 20.8 Å². The summed E-state index contributed by atoms with van der Waals surface area (Å²) in [7, 11) is 2.21. The minimum absolute atomic E-state index is 0.395. The van der Waals surface area contributed by atoms with Gasteiger partial charge in [0, 0.05) is 39.3 Å². The normalized spacial score (nSPS) is 20.8. The highest BCUT2D eigenvalue weighted by Gasteiger charge is 2.23. The molecule has 0 saturated carbocycles. The molecule has 1 aliphatic heterocycles. The van der Waals surface area contributed by atoms with Crippen molar-refractivity contribution < 1.29 is 0 Å². The summed E-state index contributed by atoms with van der Waals surface area (Å²) in [5.41, 5.74) is 0.395. The maximum Gasteiger partial charge on any atom is 0.0110 e. The Hall–Kier alpha value is -0.120. The van der Waals surface area contributed by atoms with Crippen LogP contribution in [0, 0.1) is 5.41 Å². The summed E-state index contributed by atoms with van der Waals surface area (Å²) in [4.78, 5) is 5.01. The lowest BCUT2D eigenvalue weighted by Crippen LogP contribution is -2.49. The van der Waals surface area contributed by atoms with Gasteiger partial charge in [-0.3, -0.25) is 0 Å². The number of piperazine rings is 1. The molecule has 1 saturated heterocycles. The summed E-state index contributed by atoms with van der Waals surface area (Å²) in [5, 5.41) is 3.45. The Morgan fingerprint density at radius 1 is 1.13 bits per heavy atom. The molecule has 1 N–H and O–H groups in total. The van der Waals surface area contributed by atoms with Crippen LogP contribution in [0.4, 0.5) is 0 Å². The van der Waals surface area contributed by atoms with Crippen LogP contribution in [-0.4, -0.2) is 62.7 Å². The van der Waals surface area contributed by atoms with Crippen LogP contribution in [0.25, 0.3) is 0 Å². The lowest BCUT2D eigenvalue weighted by molar-refractivity contribution is 0.110. The molecule has 3 heteroatoms. The molecule has 0 amide bonds. The minimum atomic E-state index is 0.395. The lowest BCUT2D eigenvalue weighted by atomic mass is 9.92. The van der Waals surface area contributed by atoms with Crippen molar-refractivity contribution >= 4 is 0 Å². The Morgan fingerprint density at radius 3 is 2.27 bits per heavy atom. The molecule has 1 heterocycles. The topological polar surface area (TPSA) is 18.5 Å². The van der Waals surface area contributed by atoms with Gasteiger partial charge in [0.05, 0.1) is 0 Å². The first-order valence-electron chi connectivity index (χ1n) is 6.15. The Labute approximate surface area is 94.8 Å². The fourth-order valence-corrected chi connectivity index (χ4v) is 2.13. The molecule has 3 nitrogen and oxygen atoms in total. The van der Waals surface area contributed by atoms with Crippen molar-refractivity contribution in [2.45, 2.75) is 20.8 Å². The predicted molar refractivity (Wildman–Crippen MR) is 66.3 cm³/mol. The van der Waals surface area contributed by atoms with Crippen molar-refractivity contribution in [2.75, 3.05) is 52.9 Å². The molecule has 0 aliphatic carbocycles. The molecule has 15 heavy (non-hydrogen) atoms. The van der Waals surface area contributed by atoms with Crippen molar-refractivity contribution in [3.63, 3.8) is 0 Å². The van der Waals surface area contributed by atoms with Crippen LogP contribution in [0.5, 0.6) is 0 Å². The van der Waals surface area contributed by atoms with E-state index in [0.717, 1.165) is 13.1 Å². The summed E-state index contributed by atoms with van der Waals surface area (Å²) in [6.07, 6.45) is 0. The maximum atomic E-state index is 3.45. The van der Waals surface area contributed by atoms with E-state index >= 15 is 0 Å². The van der Waals surface area contributed by atoms with E-state index in [2.05, 4.69) is 42.9 Å². The van der Waals surface area contributed by atoms with Gasteiger partial charge >= 0.3 is 0 Å². The smallest absolute Gasteiger partial charge is 0.0110 e. The average molecular weight is 213 g/mol. The molecule has 0 aromatic carbocycles. The van der Waals surface area contributed by atoms with Gasteiger partial charge in [-0.15, -0.1) is 0 Å². The van der Waals surface area contributed by atoms with Crippen LogP contribution in [0.3, 0.4) is 0 Å². The van der Waals surface area contributed by atoms with Gasteiger partial charge in [-0.2, -0.15) is 0 Å². The number of nitrogens with zero attached hydrogens (tertiary/aromatic N) is 2. The fourth-order valence-electron chi connectivity index (χ4n) is 2.13. The van der Waals surface area contributed by atoms with E-state index in [0.29, 0.717) is 5.41 Å². The maximum absolute atomic E-state index is 3.45. The van der Waals surface area contributed by atoms with E-state index in [4.69, 9.17) is 0 Å². The van der Waals surface area contributed by atoms with Crippen LogP contribution in [0.2, 0.25) is 0 Å². The fraction of sp³-hybridized carbons (Fsp3) is 1.00. The molecule has 0 spiro atoms. The molecule has 1 aliphatic rings. The second kappa shape index (κ2) is 5.83. The number of likely N-dealkylation sites (N-methyl/N-ethyl adjacent to an activating group) is 1. The zero-order valence-corrected chi connectivity index (χ0v) is 10.8. The third-order valence-electron chi connectivity index (χ3n) is 3.10. The number of hydrogen-bond acceptors (Lipinski definition) is 3. The molecule has 90 valence electrons. The monoisotopic (exact) mass is 213 g/mol. The molecule has 0 radical (unpaired) electrons. The zero-order chi connectivity index (χ0) is 11.3. The quantitative estimate of drug-likeness (QED) is 0.731. The predicted octanol–water partition coefficient (Wildman–Crippen LogP) is 0.870. The van der Waals surface area contributed by atoms with E-state index in [1.165, 1.54) is 32.7 Å². The molecule has 0 atom stereocenters. The van der Waals surface area contributed by atoms with Crippen molar-refractivity contribution in [1.29, 1.82) is 0 Å². The molecule has 0 aromatic rings. The van der Waals surface area contributed by atoms with E-state index in [-0.39, 0.29) is 0 Å². The third kappa shape index (κ3) is 4.96. The zero-order valence-electron chi connectivity index (χ0n) is 10.8. The Kier molecular flexibility index (Phi) is 5.03. The van der Waals surface area contributed by atoms with Crippen molar-refractivity contribution in [3.8, 4) is 0 Å². The van der Waals surface area contributed by atoms with Crippen molar-refractivity contribution in [2.24, 2.45) is 5.41 Å². The second-order valence-corrected chi connectivity index (χ2v) is 5.52. The Bertz CT molecular complexity index is 172. The summed E-state index contributed by atoms with van der Waals surface area (Å²) < 4.78 is 0. The van der Waals surface area contributed by atoms with Gasteiger partial charge in [0.25, 0.3) is 0 Å². The van der Waals surface area contributed by atoms with Crippen LogP contribution in [-0.2, 0) is 0 Å². The lowest BCUT2D eigenvalue weighted by Gasteiger charge is -2.37. The first-order chi connectivity index (χ1) is 7.03. The summed E-state index contributed by atoms with van der Waals surface area (Å²) >= 11 is 0. The van der Waals surface area contributed by atoms with E-state index in [1.54, 1.807) is 0 Å². The molecule has 0 unspecified atom stereocenters. The molecule has 1 rings (SSSR count). The standard InChI is InChI=1S/C12H27N3/c1-5-13-10-12(2,3)11-15-8-6-14(4)7-9-15/h13H,5-11H2,1-4H3. The highest BCUT2D eigenvalue weighted by Crippen LogP contribution is 2.16. The highest BCUT2D eigenvalue weighted by molar-refractivity contribution is 4.79. The molecule has 1 fully saturated rings. The van der Waals surface area contributed by atoms with Crippen LogP contribution >= 0.6 is 0 Å². The first-order valence-corrected chi connectivity index (χ1v) is 6.15. The molecule has 0 aromatic heterocycles. The second-order valence-electron chi connectivity index (χ2n) is 5.52. The summed E-state index contributed by atoms with van der Waals surface area (Å²) in [5.74, 6) is 0. The first kappa shape index (κ1) is 12.9. The number of nitrogens with one attached hydrogen (secondary N) is 1. The molecular formula is C12H27N3. The van der Waals surface area contributed by atoms with E-state index < -0.39 is 0 Å². The van der Waals surface area contributed by atoms with E-state index in [1.807, 2.05) is 0 Å². The largest absolute Gasteiger partial charge is 0.316 e. The van der Waals surface area contributed by atoms with Gasteiger partial charge in [-0.25, -0.2) is 0 Å². The molecular weight excluding hydrogens is 186 g/mol. The van der Waals surface area contributed by atoms with E-state index in [9.17, 15) is 0 Å². The Balaban J connectivity index is 2.27. The van der Waals surface area contributed by atoms with Crippen molar-refractivity contribution in [1.82, 2.24) is 15.1 Å². The van der Waals surface area contributed by atoms with Gasteiger partial charge in [-0.05, 0) is 19.0 Å². The summed E-state index contributed by atoms with van der Waals surface area (Å²) in [6.45, 7) is 15.2. The number of hydrogen-bond donors (Lipinski definition) is 1. The molecule has 0 bridgehead atoms. The summed E-state index contributed by atoms with van der Waals surface area (Å²) in [6, 6.07) is 0. The van der Waals surface area contributed by atoms with Crippen molar-refractivity contribution in [3.05, 3.63) is 0 Å². The average Bonchev–Trinajstić information content (AvgIpc) is 2.18. The van der Waals surface area contributed by atoms with Crippen LogP contribution in [0.15, 0.2) is 0 Å².